The van der Waals surface area contributed by atoms with E-state index in [0.29, 0.717) is 21.9 Å². The molecule has 66 valence electrons. The average Bonchev–Trinajstić information content (AvgIpc) is 2.46. The van der Waals surface area contributed by atoms with Gasteiger partial charge in [0.05, 0.1) is 4.70 Å². The van der Waals surface area contributed by atoms with Gasteiger partial charge in [-0.15, -0.1) is 0 Å². The van der Waals surface area contributed by atoms with Crippen molar-refractivity contribution < 1.29 is 15.0 Å². The van der Waals surface area contributed by atoms with E-state index in [2.05, 4.69) is 0 Å². The van der Waals surface area contributed by atoms with Gasteiger partial charge in [0.1, 0.15) is 12.0 Å². The Balaban J connectivity index is 2.82. The molecule has 0 amide bonds. The molecule has 0 saturated carbocycles. The Labute approximate surface area is 77.9 Å². The fourth-order valence-electron chi connectivity index (χ4n) is 1.21. The molecule has 1 heterocycles. The molecule has 1 aromatic carbocycles. The average molecular weight is 194 g/mol. The van der Waals surface area contributed by atoms with E-state index in [-0.39, 0.29) is 10.8 Å². The predicted octanol–water partition coefficient (Wildman–Crippen LogP) is 2.13. The fourth-order valence-corrected chi connectivity index (χ4v) is 2.01. The summed E-state index contributed by atoms with van der Waals surface area (Å²) in [5.74, 6) is 0.0323. The maximum atomic E-state index is 10.4. The lowest BCUT2D eigenvalue weighted by Gasteiger charge is -1.95. The zero-order valence-corrected chi connectivity index (χ0v) is 7.34. The van der Waals surface area contributed by atoms with E-state index < -0.39 is 0 Å². The minimum atomic E-state index is 0.0323. The van der Waals surface area contributed by atoms with Gasteiger partial charge in [-0.2, -0.15) is 0 Å². The molecule has 2 rings (SSSR count). The lowest BCUT2D eigenvalue weighted by Crippen LogP contribution is -1.77. The van der Waals surface area contributed by atoms with Crippen LogP contribution in [0.3, 0.4) is 0 Å². The highest BCUT2D eigenvalue weighted by Crippen LogP contribution is 2.36. The Morgan fingerprint density at radius 1 is 1.23 bits per heavy atom. The highest BCUT2D eigenvalue weighted by atomic mass is 32.1. The summed E-state index contributed by atoms with van der Waals surface area (Å²) in [7, 11) is 0. The maximum Gasteiger partial charge on any atom is 0.172 e. The van der Waals surface area contributed by atoms with E-state index in [4.69, 9.17) is 5.11 Å². The van der Waals surface area contributed by atoms with Gasteiger partial charge in [-0.1, -0.05) is 11.3 Å². The minimum Gasteiger partial charge on any atom is -0.506 e. The lowest BCUT2D eigenvalue weighted by molar-refractivity contribution is 0.112. The molecule has 0 unspecified atom stereocenters. The molecule has 4 heteroatoms. The fraction of sp³-hybridized carbons (Fsp3) is 0. The van der Waals surface area contributed by atoms with Crippen LogP contribution in [0.4, 0.5) is 0 Å². The molecule has 0 radical (unpaired) electrons. The molecule has 0 spiro atoms. The van der Waals surface area contributed by atoms with Crippen molar-refractivity contribution in [3.63, 3.8) is 0 Å². The number of hydrogen-bond acceptors (Lipinski definition) is 4. The summed E-state index contributed by atoms with van der Waals surface area (Å²) in [6.45, 7) is 0. The third-order valence-corrected chi connectivity index (χ3v) is 2.72. The first-order valence-corrected chi connectivity index (χ1v) is 4.43. The third-order valence-electron chi connectivity index (χ3n) is 1.74. The van der Waals surface area contributed by atoms with Crippen LogP contribution in [0.5, 0.6) is 10.8 Å². The highest BCUT2D eigenvalue weighted by molar-refractivity contribution is 7.21. The standard InChI is InChI=1S/C9H6O3S/c10-4-5-1-6-3-8(12)13-9(6)7(11)2-5/h1-4,11-12H. The molecule has 0 bridgehead atoms. The first kappa shape index (κ1) is 8.07. The van der Waals surface area contributed by atoms with Crippen LogP contribution in [0, 0.1) is 0 Å². The smallest absolute Gasteiger partial charge is 0.172 e. The molecule has 13 heavy (non-hydrogen) atoms. The largest absolute Gasteiger partial charge is 0.506 e. The highest BCUT2D eigenvalue weighted by Gasteiger charge is 2.06. The van der Waals surface area contributed by atoms with Gasteiger partial charge in [-0.25, -0.2) is 0 Å². The zero-order valence-electron chi connectivity index (χ0n) is 6.52. The van der Waals surface area contributed by atoms with Crippen LogP contribution in [0.25, 0.3) is 10.1 Å². The second-order valence-corrected chi connectivity index (χ2v) is 3.69. The molecular weight excluding hydrogens is 188 g/mol. The number of fused-ring (bicyclic) bond motifs is 1. The van der Waals surface area contributed by atoms with Crippen molar-refractivity contribution in [2.24, 2.45) is 0 Å². The Bertz CT molecular complexity index is 473. The number of phenolic OH excluding ortho intramolecular Hbond substituents is 1. The van der Waals surface area contributed by atoms with Gasteiger partial charge in [-0.05, 0) is 18.2 Å². The molecule has 0 fully saturated rings. The topological polar surface area (TPSA) is 57.5 Å². The number of carbonyl (C=O) groups excluding carboxylic acids is 1. The van der Waals surface area contributed by atoms with E-state index in [0.717, 1.165) is 11.3 Å². The maximum absolute atomic E-state index is 10.4. The Kier molecular flexibility index (Phi) is 1.70. The van der Waals surface area contributed by atoms with Crippen molar-refractivity contribution in [3.05, 3.63) is 23.8 Å². The Morgan fingerprint density at radius 3 is 2.69 bits per heavy atom. The van der Waals surface area contributed by atoms with Crippen LogP contribution in [-0.2, 0) is 0 Å². The number of aromatic hydroxyl groups is 2. The summed E-state index contributed by atoms with van der Waals surface area (Å²) in [4.78, 5) is 10.4. The van der Waals surface area contributed by atoms with Gasteiger partial charge in [0.15, 0.2) is 5.06 Å². The van der Waals surface area contributed by atoms with Crippen molar-refractivity contribution in [2.75, 3.05) is 0 Å². The van der Waals surface area contributed by atoms with Crippen LogP contribution >= 0.6 is 11.3 Å². The van der Waals surface area contributed by atoms with Crippen molar-refractivity contribution in [2.45, 2.75) is 0 Å². The van der Waals surface area contributed by atoms with Gasteiger partial charge in [0.25, 0.3) is 0 Å². The van der Waals surface area contributed by atoms with Crippen LogP contribution in [0.1, 0.15) is 10.4 Å². The number of aldehydes is 1. The normalized spacial score (nSPS) is 10.5. The summed E-state index contributed by atoms with van der Waals surface area (Å²) in [5, 5.41) is 19.4. The molecule has 0 aliphatic rings. The van der Waals surface area contributed by atoms with Gasteiger partial charge in [0, 0.05) is 10.9 Å². The van der Waals surface area contributed by atoms with Gasteiger partial charge >= 0.3 is 0 Å². The van der Waals surface area contributed by atoms with Crippen LogP contribution in [0.15, 0.2) is 18.2 Å². The summed E-state index contributed by atoms with van der Waals surface area (Å²) in [6.07, 6.45) is 0.661. The van der Waals surface area contributed by atoms with Crippen molar-refractivity contribution in [1.82, 2.24) is 0 Å². The monoisotopic (exact) mass is 194 g/mol. The van der Waals surface area contributed by atoms with E-state index in [1.807, 2.05) is 0 Å². The van der Waals surface area contributed by atoms with Crippen molar-refractivity contribution >= 4 is 27.7 Å². The minimum absolute atomic E-state index is 0.0323. The third kappa shape index (κ3) is 1.25. The van der Waals surface area contributed by atoms with Crippen LogP contribution in [-0.4, -0.2) is 16.5 Å². The summed E-state index contributed by atoms with van der Waals surface area (Å²) < 4.78 is 0.600. The molecule has 2 N–H and O–H groups in total. The first-order chi connectivity index (χ1) is 6.20. The number of benzene rings is 1. The summed E-state index contributed by atoms with van der Waals surface area (Å²) >= 11 is 1.09. The number of rotatable bonds is 1. The number of phenols is 1. The van der Waals surface area contributed by atoms with Gasteiger partial charge in [-0.3, -0.25) is 4.79 Å². The lowest BCUT2D eigenvalue weighted by atomic mass is 10.2. The molecule has 3 nitrogen and oxygen atoms in total. The summed E-state index contributed by atoms with van der Waals surface area (Å²) in [5.41, 5.74) is 0.405. The molecule has 1 aromatic heterocycles. The molecule has 2 aromatic rings. The van der Waals surface area contributed by atoms with E-state index in [1.54, 1.807) is 6.07 Å². The van der Waals surface area contributed by atoms with E-state index >= 15 is 0 Å². The number of carbonyl (C=O) groups is 1. The molecule has 0 atom stereocenters. The quantitative estimate of drug-likeness (QED) is 0.683. The van der Waals surface area contributed by atoms with Crippen molar-refractivity contribution in [1.29, 1.82) is 0 Å². The SMILES string of the molecule is O=Cc1cc(O)c2sc(O)cc2c1. The van der Waals surface area contributed by atoms with Gasteiger partial charge < -0.3 is 10.2 Å². The Morgan fingerprint density at radius 2 is 2.00 bits per heavy atom. The second kappa shape index (κ2) is 2.74. The number of thiophene rings is 1. The van der Waals surface area contributed by atoms with Crippen molar-refractivity contribution in [3.8, 4) is 10.8 Å². The zero-order chi connectivity index (χ0) is 9.42. The van der Waals surface area contributed by atoms with Crippen LogP contribution in [0.2, 0.25) is 0 Å². The molecule has 0 saturated heterocycles. The number of hydrogen-bond donors (Lipinski definition) is 2. The Hall–Kier alpha value is -1.55. The van der Waals surface area contributed by atoms with Crippen LogP contribution < -0.4 is 0 Å². The predicted molar refractivity (Wildman–Crippen MR) is 50.5 cm³/mol. The molecular formula is C9H6O3S. The summed E-state index contributed by atoms with van der Waals surface area (Å²) in [6, 6.07) is 4.52. The first-order valence-electron chi connectivity index (χ1n) is 3.61. The molecule has 0 aliphatic heterocycles. The van der Waals surface area contributed by atoms with Gasteiger partial charge in [0.2, 0.25) is 0 Å². The second-order valence-electron chi connectivity index (χ2n) is 2.66. The van der Waals surface area contributed by atoms with E-state index in [9.17, 15) is 9.90 Å². The molecule has 0 aliphatic carbocycles. The van der Waals surface area contributed by atoms with E-state index in [1.165, 1.54) is 12.1 Å².